The van der Waals surface area contributed by atoms with Crippen LogP contribution in [0.2, 0.25) is 0 Å². The average Bonchev–Trinajstić information content (AvgIpc) is 2.56. The van der Waals surface area contributed by atoms with Gasteiger partial charge in [-0.2, -0.15) is 0 Å². The topological polar surface area (TPSA) is 17.1 Å². The number of hydrogen-bond donors (Lipinski definition) is 0. The molecule has 0 aliphatic carbocycles. The number of rotatable bonds is 6. The lowest BCUT2D eigenvalue weighted by atomic mass is 10.4. The summed E-state index contributed by atoms with van der Waals surface area (Å²) in [5.41, 5.74) is 0. The van der Waals surface area contributed by atoms with E-state index in [1.807, 2.05) is 60.7 Å². The second kappa shape index (κ2) is 8.28. The van der Waals surface area contributed by atoms with Crippen molar-refractivity contribution in [3.63, 3.8) is 0 Å². The van der Waals surface area contributed by atoms with Crippen molar-refractivity contribution in [3.05, 3.63) is 60.7 Å². The summed E-state index contributed by atoms with van der Waals surface area (Å²) < 4.78 is 14.8. The first kappa shape index (κ1) is 19.4. The van der Waals surface area contributed by atoms with Crippen LogP contribution in [0, 0.1) is 0 Å². The SMILES string of the molecule is CC[N+](C)(CC)CP(=O)(c1ccccc1)c1ccccc1.[I-]. The number of benzene rings is 2. The molecule has 0 bridgehead atoms. The minimum Gasteiger partial charge on any atom is -1.00 e. The minimum atomic E-state index is -2.61. The Balaban J connectivity index is 0.00000242. The van der Waals surface area contributed by atoms with E-state index >= 15 is 0 Å². The predicted octanol–water partition coefficient (Wildman–Crippen LogP) is 0.448. The minimum absolute atomic E-state index is 0. The zero-order chi connectivity index (χ0) is 15.3. The van der Waals surface area contributed by atoms with Crippen molar-refractivity contribution < 1.29 is 33.0 Å². The Hall–Kier alpha value is -0.640. The van der Waals surface area contributed by atoms with Gasteiger partial charge in [-0.05, 0) is 13.8 Å². The smallest absolute Gasteiger partial charge is 0.195 e. The quantitative estimate of drug-likeness (QED) is 0.371. The summed E-state index contributed by atoms with van der Waals surface area (Å²) in [5, 5.41) is 1.92. The molecule has 2 rings (SSSR count). The molecule has 120 valence electrons. The van der Waals surface area contributed by atoms with Crippen molar-refractivity contribution in [2.45, 2.75) is 13.8 Å². The first-order valence-electron chi connectivity index (χ1n) is 7.58. The maximum absolute atomic E-state index is 13.9. The van der Waals surface area contributed by atoms with Crippen LogP contribution in [-0.2, 0) is 4.57 Å². The summed E-state index contributed by atoms with van der Waals surface area (Å²) in [4.78, 5) is 0. The Morgan fingerprint density at radius 3 is 1.50 bits per heavy atom. The highest BCUT2D eigenvalue weighted by molar-refractivity contribution is 7.78. The van der Waals surface area contributed by atoms with Crippen LogP contribution in [0.5, 0.6) is 0 Å². The van der Waals surface area contributed by atoms with Crippen LogP contribution in [0.4, 0.5) is 0 Å². The molecule has 0 heterocycles. The van der Waals surface area contributed by atoms with Gasteiger partial charge in [-0.15, -0.1) is 0 Å². The van der Waals surface area contributed by atoms with Crippen LogP contribution in [0.3, 0.4) is 0 Å². The van der Waals surface area contributed by atoms with Gasteiger partial charge in [-0.25, -0.2) is 0 Å². The fourth-order valence-electron chi connectivity index (χ4n) is 2.55. The van der Waals surface area contributed by atoms with E-state index < -0.39 is 7.14 Å². The molecule has 0 aliphatic rings. The van der Waals surface area contributed by atoms with Crippen molar-refractivity contribution in [3.8, 4) is 0 Å². The Kier molecular flexibility index (Phi) is 7.30. The Labute approximate surface area is 151 Å². The van der Waals surface area contributed by atoms with E-state index in [2.05, 4.69) is 20.9 Å². The molecule has 0 radical (unpaired) electrons. The van der Waals surface area contributed by atoms with Crippen LogP contribution in [0.25, 0.3) is 0 Å². The standard InChI is InChI=1S/C18H25NOP.HI/c1-4-19(3,5-2)16-21(20,17-12-8-6-9-13-17)18-14-10-7-11-15-18;/h6-15H,4-5,16H2,1-3H3;1H/q+1;/p-1. The summed E-state index contributed by atoms with van der Waals surface area (Å²) in [6.45, 7) is 6.31. The van der Waals surface area contributed by atoms with Gasteiger partial charge < -0.3 is 33.0 Å². The molecule has 0 unspecified atom stereocenters. The molecule has 22 heavy (non-hydrogen) atoms. The van der Waals surface area contributed by atoms with Gasteiger partial charge in [-0.3, -0.25) is 0 Å². The van der Waals surface area contributed by atoms with Crippen LogP contribution in [0.1, 0.15) is 13.8 Å². The van der Waals surface area contributed by atoms with E-state index in [1.54, 1.807) is 0 Å². The van der Waals surface area contributed by atoms with E-state index in [-0.39, 0.29) is 24.0 Å². The molecule has 0 aliphatic heterocycles. The molecule has 2 aromatic carbocycles. The molecule has 0 saturated carbocycles. The number of quaternary nitrogens is 1. The van der Waals surface area contributed by atoms with Gasteiger partial charge >= 0.3 is 0 Å². The molecule has 2 aromatic rings. The van der Waals surface area contributed by atoms with Crippen molar-refractivity contribution in [1.29, 1.82) is 0 Å². The van der Waals surface area contributed by atoms with E-state index in [0.717, 1.165) is 28.2 Å². The molecule has 0 atom stereocenters. The van der Waals surface area contributed by atoms with E-state index in [9.17, 15) is 4.57 Å². The first-order chi connectivity index (χ1) is 10.0. The molecule has 2 nitrogen and oxygen atoms in total. The number of halogens is 1. The van der Waals surface area contributed by atoms with Gasteiger partial charge in [-0.1, -0.05) is 60.7 Å². The lowest BCUT2D eigenvalue weighted by Crippen LogP contribution is -3.00. The number of hydrogen-bond acceptors (Lipinski definition) is 1. The van der Waals surface area contributed by atoms with Crippen LogP contribution in [0.15, 0.2) is 60.7 Å². The van der Waals surface area contributed by atoms with E-state index in [4.69, 9.17) is 0 Å². The fraction of sp³-hybridized carbons (Fsp3) is 0.333. The summed E-state index contributed by atoms with van der Waals surface area (Å²) in [7, 11) is -0.413. The van der Waals surface area contributed by atoms with Crippen LogP contribution < -0.4 is 34.6 Å². The summed E-state index contributed by atoms with van der Waals surface area (Å²) in [5.74, 6) is 0. The molecule has 0 N–H and O–H groups in total. The molecule has 0 saturated heterocycles. The van der Waals surface area contributed by atoms with Crippen molar-refractivity contribution in [2.24, 2.45) is 0 Å². The zero-order valence-corrected chi connectivity index (χ0v) is 16.6. The Bertz CT molecular complexity index is 568. The molecular formula is C18H25INOP. The maximum atomic E-state index is 13.9. The third-order valence-corrected chi connectivity index (χ3v) is 7.76. The average molecular weight is 429 g/mol. The van der Waals surface area contributed by atoms with Gasteiger partial charge in [0.15, 0.2) is 7.14 Å². The van der Waals surface area contributed by atoms with Crippen molar-refractivity contribution >= 4 is 17.8 Å². The summed E-state index contributed by atoms with van der Waals surface area (Å²) >= 11 is 0. The fourth-order valence-corrected chi connectivity index (χ4v) is 5.85. The summed E-state index contributed by atoms with van der Waals surface area (Å²) in [6, 6.07) is 19.9. The lowest BCUT2D eigenvalue weighted by Gasteiger charge is -2.35. The second-order valence-corrected chi connectivity index (χ2v) is 8.60. The van der Waals surface area contributed by atoms with Gasteiger partial charge in [0.1, 0.15) is 6.29 Å². The van der Waals surface area contributed by atoms with Crippen molar-refractivity contribution in [2.75, 3.05) is 26.4 Å². The predicted molar refractivity (Wildman–Crippen MR) is 91.9 cm³/mol. The Morgan fingerprint density at radius 1 is 0.818 bits per heavy atom. The third kappa shape index (κ3) is 4.21. The lowest BCUT2D eigenvalue weighted by molar-refractivity contribution is -0.894. The number of nitrogens with zero attached hydrogens (tertiary/aromatic N) is 1. The molecule has 0 spiro atoms. The molecule has 0 aromatic heterocycles. The van der Waals surface area contributed by atoms with Gasteiger partial charge in [0, 0.05) is 10.6 Å². The monoisotopic (exact) mass is 429 g/mol. The highest BCUT2D eigenvalue weighted by Gasteiger charge is 2.35. The van der Waals surface area contributed by atoms with Crippen molar-refractivity contribution in [1.82, 2.24) is 0 Å². The van der Waals surface area contributed by atoms with Gasteiger partial charge in [0.25, 0.3) is 0 Å². The molecular weight excluding hydrogens is 404 g/mol. The third-order valence-electron chi connectivity index (χ3n) is 4.41. The Morgan fingerprint density at radius 2 is 1.18 bits per heavy atom. The highest BCUT2D eigenvalue weighted by Crippen LogP contribution is 2.45. The molecule has 4 heteroatoms. The molecule has 0 fully saturated rings. The van der Waals surface area contributed by atoms with Gasteiger partial charge in [0.2, 0.25) is 0 Å². The second-order valence-electron chi connectivity index (χ2n) is 5.80. The first-order valence-corrected chi connectivity index (χ1v) is 9.47. The van der Waals surface area contributed by atoms with E-state index in [1.165, 1.54) is 0 Å². The van der Waals surface area contributed by atoms with Crippen LogP contribution in [-0.4, -0.2) is 30.9 Å². The normalized spacial score (nSPS) is 11.8. The summed E-state index contributed by atoms with van der Waals surface area (Å²) in [6.07, 6.45) is 0.675. The van der Waals surface area contributed by atoms with E-state index in [0.29, 0.717) is 6.29 Å². The largest absolute Gasteiger partial charge is 1.00 e. The van der Waals surface area contributed by atoms with Crippen LogP contribution >= 0.6 is 7.14 Å². The molecule has 0 amide bonds. The van der Waals surface area contributed by atoms with Gasteiger partial charge in [0.05, 0.1) is 20.1 Å². The maximum Gasteiger partial charge on any atom is 0.195 e. The highest BCUT2D eigenvalue weighted by atomic mass is 127. The zero-order valence-electron chi connectivity index (χ0n) is 13.6.